The van der Waals surface area contributed by atoms with Crippen molar-refractivity contribution in [2.45, 2.75) is 5.41 Å². The number of rotatable bonds is 5. The van der Waals surface area contributed by atoms with Gasteiger partial charge in [-0.3, -0.25) is 0 Å². The number of thiophene rings is 1. The van der Waals surface area contributed by atoms with Crippen molar-refractivity contribution in [1.82, 2.24) is 15.0 Å². The van der Waals surface area contributed by atoms with Crippen molar-refractivity contribution in [3.05, 3.63) is 247 Å². The molecule has 2 aliphatic carbocycles. The van der Waals surface area contributed by atoms with Crippen LogP contribution in [-0.2, 0) is 5.41 Å². The van der Waals surface area contributed by atoms with Crippen LogP contribution in [0.15, 0.2) is 229 Å². The van der Waals surface area contributed by atoms with Crippen molar-refractivity contribution >= 4 is 53.4 Å². The highest BCUT2D eigenvalue weighted by Gasteiger charge is 2.51. The Labute approximate surface area is 401 Å². The Morgan fingerprint density at radius 3 is 1.58 bits per heavy atom. The van der Waals surface area contributed by atoms with Gasteiger partial charge in [0.15, 0.2) is 17.5 Å². The molecule has 0 aliphatic heterocycles. The van der Waals surface area contributed by atoms with E-state index < -0.39 is 5.41 Å². The Balaban J connectivity index is 0.909. The Morgan fingerprint density at radius 1 is 0.304 bits per heavy atom. The van der Waals surface area contributed by atoms with Crippen LogP contribution in [0.4, 0.5) is 0 Å². The maximum absolute atomic E-state index is 6.67. The molecule has 3 aromatic heterocycles. The summed E-state index contributed by atoms with van der Waals surface area (Å²) in [6.45, 7) is 0. The molecule has 2 aliphatic rings. The highest BCUT2D eigenvalue weighted by molar-refractivity contribution is 7.25. The van der Waals surface area contributed by atoms with Gasteiger partial charge in [0.1, 0.15) is 11.2 Å². The highest BCUT2D eigenvalue weighted by atomic mass is 32.1. The van der Waals surface area contributed by atoms with Crippen LogP contribution in [0.3, 0.4) is 0 Å². The molecular weight excluding hydrogens is 859 g/mol. The van der Waals surface area contributed by atoms with Crippen molar-refractivity contribution in [2.75, 3.05) is 0 Å². The van der Waals surface area contributed by atoms with Crippen molar-refractivity contribution in [3.63, 3.8) is 0 Å². The molecule has 13 aromatic rings. The fourth-order valence-electron chi connectivity index (χ4n) is 11.5. The fraction of sp³-hybridized carbons (Fsp3) is 0.0156. The summed E-state index contributed by atoms with van der Waals surface area (Å²) < 4.78 is 9.17. The molecule has 69 heavy (non-hydrogen) atoms. The van der Waals surface area contributed by atoms with Gasteiger partial charge in [-0.05, 0) is 115 Å². The Kier molecular flexibility index (Phi) is 8.12. The minimum Gasteiger partial charge on any atom is -0.456 e. The lowest BCUT2D eigenvalue weighted by atomic mass is 9.70. The standard InChI is InChI=1S/C64H37N3OS/c1-2-13-38(14-3-1)39-25-27-40(28-26-39)61-65-62(43-31-34-59-50(36-43)48-18-7-11-24-58(48)69-59)67-63(66-61)49-19-12-23-57-60(49)51-35-41(30-33-56(51)68-57)42-29-32-47-46-17-6-10-22-54(46)64(55(47)37-42)52-20-8-4-15-44(52)45-16-5-9-21-53(45)64/h1-37H. The summed E-state index contributed by atoms with van der Waals surface area (Å²) in [6, 6.07) is 80.9. The van der Waals surface area contributed by atoms with Gasteiger partial charge in [0.25, 0.3) is 0 Å². The van der Waals surface area contributed by atoms with Crippen LogP contribution in [0, 0.1) is 0 Å². The first kappa shape index (κ1) is 38.3. The number of benzene rings is 10. The van der Waals surface area contributed by atoms with Gasteiger partial charge >= 0.3 is 0 Å². The van der Waals surface area contributed by atoms with Crippen LogP contribution in [0.25, 0.3) is 121 Å². The molecule has 0 saturated heterocycles. The fourth-order valence-corrected chi connectivity index (χ4v) is 12.6. The Hall–Kier alpha value is -8.77. The van der Waals surface area contributed by atoms with Crippen molar-refractivity contribution < 1.29 is 4.42 Å². The van der Waals surface area contributed by atoms with E-state index in [9.17, 15) is 0 Å². The number of furan rings is 1. The summed E-state index contributed by atoms with van der Waals surface area (Å²) in [4.78, 5) is 15.8. The Morgan fingerprint density at radius 2 is 0.826 bits per heavy atom. The molecule has 0 N–H and O–H groups in total. The molecule has 0 atom stereocenters. The summed E-state index contributed by atoms with van der Waals surface area (Å²) in [7, 11) is 0. The molecule has 10 aromatic carbocycles. The van der Waals surface area contributed by atoms with Crippen molar-refractivity contribution in [2.24, 2.45) is 0 Å². The van der Waals surface area contributed by atoms with E-state index in [2.05, 4.69) is 206 Å². The van der Waals surface area contributed by atoms with Crippen LogP contribution in [0.1, 0.15) is 22.3 Å². The van der Waals surface area contributed by atoms with E-state index in [0.29, 0.717) is 17.5 Å². The van der Waals surface area contributed by atoms with E-state index in [-0.39, 0.29) is 0 Å². The Bertz CT molecular complexity index is 4200. The number of hydrogen-bond donors (Lipinski definition) is 0. The summed E-state index contributed by atoms with van der Waals surface area (Å²) in [5.41, 5.74) is 19.0. The predicted molar refractivity (Wildman–Crippen MR) is 283 cm³/mol. The van der Waals surface area contributed by atoms with Gasteiger partial charge in [0.2, 0.25) is 0 Å². The third kappa shape index (κ3) is 5.59. The summed E-state index contributed by atoms with van der Waals surface area (Å²) in [6.07, 6.45) is 0. The van der Waals surface area contributed by atoms with Gasteiger partial charge < -0.3 is 4.42 Å². The SMILES string of the molecule is c1ccc(-c2ccc(-c3nc(-c4ccc5sc6ccccc6c5c4)nc(-c4cccc5oc6ccc(-c7ccc8c(c7)C7(c9ccccc9-c9ccccc97)c7ccccc7-8)cc6c45)n3)cc2)cc1. The number of aromatic nitrogens is 3. The van der Waals surface area contributed by atoms with Gasteiger partial charge in [-0.15, -0.1) is 11.3 Å². The zero-order chi connectivity index (χ0) is 45.2. The normalized spacial score (nSPS) is 13.0. The zero-order valence-corrected chi connectivity index (χ0v) is 37.8. The van der Waals surface area contributed by atoms with Crippen LogP contribution in [0.2, 0.25) is 0 Å². The van der Waals surface area contributed by atoms with Crippen LogP contribution >= 0.6 is 11.3 Å². The third-order valence-electron chi connectivity index (χ3n) is 14.6. The maximum Gasteiger partial charge on any atom is 0.164 e. The molecular formula is C64H37N3OS. The molecule has 4 nitrogen and oxygen atoms in total. The van der Waals surface area contributed by atoms with Gasteiger partial charge in [-0.25, -0.2) is 15.0 Å². The minimum absolute atomic E-state index is 0.425. The first-order valence-corrected chi connectivity index (χ1v) is 24.2. The zero-order valence-electron chi connectivity index (χ0n) is 37.0. The van der Waals surface area contributed by atoms with E-state index >= 15 is 0 Å². The molecule has 3 heterocycles. The lowest BCUT2D eigenvalue weighted by Gasteiger charge is -2.30. The largest absolute Gasteiger partial charge is 0.456 e. The van der Waals surface area contributed by atoms with Gasteiger partial charge in [0, 0.05) is 47.6 Å². The van der Waals surface area contributed by atoms with Crippen molar-refractivity contribution in [1.29, 1.82) is 0 Å². The van der Waals surface area contributed by atoms with E-state index in [4.69, 9.17) is 19.4 Å². The molecule has 0 bridgehead atoms. The third-order valence-corrected chi connectivity index (χ3v) is 15.7. The summed E-state index contributed by atoms with van der Waals surface area (Å²) in [5.74, 6) is 1.82. The first-order valence-electron chi connectivity index (χ1n) is 23.4. The van der Waals surface area contributed by atoms with Gasteiger partial charge in [-0.1, -0.05) is 176 Å². The number of nitrogens with zero attached hydrogens (tertiary/aromatic N) is 3. The minimum atomic E-state index is -0.425. The second-order valence-corrected chi connectivity index (χ2v) is 19.3. The van der Waals surface area contributed by atoms with E-state index in [1.165, 1.54) is 64.7 Å². The molecule has 320 valence electrons. The average Bonchev–Trinajstić information content (AvgIpc) is 4.16. The van der Waals surface area contributed by atoms with E-state index in [1.807, 2.05) is 18.2 Å². The number of hydrogen-bond acceptors (Lipinski definition) is 5. The molecule has 15 rings (SSSR count). The summed E-state index contributed by atoms with van der Waals surface area (Å²) >= 11 is 1.81. The second kappa shape index (κ2) is 14.6. The molecule has 1 spiro atoms. The maximum atomic E-state index is 6.67. The summed E-state index contributed by atoms with van der Waals surface area (Å²) in [5, 5.41) is 4.41. The molecule has 0 unspecified atom stereocenters. The quantitative estimate of drug-likeness (QED) is 0.173. The van der Waals surface area contributed by atoms with Crippen LogP contribution in [0.5, 0.6) is 0 Å². The molecule has 0 amide bonds. The molecule has 0 fully saturated rings. The van der Waals surface area contributed by atoms with E-state index in [1.54, 1.807) is 11.3 Å². The number of fused-ring (bicyclic) bond motifs is 16. The topological polar surface area (TPSA) is 51.8 Å². The highest BCUT2D eigenvalue weighted by Crippen LogP contribution is 2.63. The predicted octanol–water partition coefficient (Wildman–Crippen LogP) is 16.8. The van der Waals surface area contributed by atoms with Crippen molar-refractivity contribution in [3.8, 4) is 78.7 Å². The first-order chi connectivity index (χ1) is 34.2. The monoisotopic (exact) mass is 895 g/mol. The van der Waals surface area contributed by atoms with Crippen LogP contribution < -0.4 is 0 Å². The molecule has 0 radical (unpaired) electrons. The smallest absolute Gasteiger partial charge is 0.164 e. The molecule has 5 heteroatoms. The van der Waals surface area contributed by atoms with Gasteiger partial charge in [0.05, 0.1) is 5.41 Å². The second-order valence-electron chi connectivity index (χ2n) is 18.2. The van der Waals surface area contributed by atoms with Gasteiger partial charge in [-0.2, -0.15) is 0 Å². The lowest BCUT2D eigenvalue weighted by molar-refractivity contribution is 0.669. The molecule has 0 saturated carbocycles. The van der Waals surface area contributed by atoms with E-state index in [0.717, 1.165) is 60.9 Å². The average molecular weight is 896 g/mol. The van der Waals surface area contributed by atoms with Crippen LogP contribution in [-0.4, -0.2) is 15.0 Å². The lowest BCUT2D eigenvalue weighted by Crippen LogP contribution is -2.25.